The molecule has 0 radical (unpaired) electrons. The Labute approximate surface area is 244 Å². The van der Waals surface area contributed by atoms with Crippen LogP contribution in [-0.2, 0) is 9.53 Å². The first kappa shape index (κ1) is 42.3. The Kier molecular flexibility index (Phi) is 25.4. The first-order chi connectivity index (χ1) is 19.5. The lowest BCUT2D eigenvalue weighted by molar-refractivity contribution is -0.0980. The van der Waals surface area contributed by atoms with Crippen LogP contribution in [0.5, 0.6) is 5.75 Å². The van der Waals surface area contributed by atoms with E-state index < -0.39 is 23.6 Å². The van der Waals surface area contributed by atoms with Crippen LogP contribution in [0.15, 0.2) is 29.4 Å². The number of benzene rings is 2. The molecule has 1 aliphatic carbocycles. The molecule has 2 aromatic rings. The molecule has 0 bridgehead atoms. The van der Waals surface area contributed by atoms with Gasteiger partial charge in [-0.3, -0.25) is 0 Å². The third-order valence-electron chi connectivity index (χ3n) is 5.44. The Morgan fingerprint density at radius 3 is 1.98 bits per heavy atom. The summed E-state index contributed by atoms with van der Waals surface area (Å²) in [5.74, 6) is -2.63. The number of hydrogen-bond acceptors (Lipinski definition) is 8. The maximum atomic E-state index is 14.0. The molecule has 0 aromatic heterocycles. The van der Waals surface area contributed by atoms with E-state index in [1.807, 2.05) is 41.4 Å². The molecule has 11 heteroatoms. The van der Waals surface area contributed by atoms with E-state index in [0.717, 1.165) is 24.7 Å². The molecule has 0 aliphatic heterocycles. The number of carbonyl (C=O) groups is 1. The zero-order chi connectivity index (χ0) is 32.6. The van der Waals surface area contributed by atoms with Crippen molar-refractivity contribution in [1.82, 2.24) is 0 Å². The fourth-order valence-corrected chi connectivity index (χ4v) is 3.12. The molecule has 0 heterocycles. The highest BCUT2D eigenvalue weighted by Crippen LogP contribution is 2.48. The number of aryl methyl sites for hydroxylation is 1. The summed E-state index contributed by atoms with van der Waals surface area (Å²) in [6, 6.07) is 5.35. The Morgan fingerprint density at radius 1 is 1.05 bits per heavy atom. The molecule has 2 aromatic carbocycles. The third-order valence-corrected chi connectivity index (χ3v) is 5.44. The number of nitrogens with zero attached hydrogens (tertiary/aromatic N) is 1. The molecular formula is C30H50F3N3O5. The summed E-state index contributed by atoms with van der Waals surface area (Å²) in [5.41, 5.74) is 1.09. The van der Waals surface area contributed by atoms with Crippen LogP contribution in [0.25, 0.3) is 0 Å². The lowest BCUT2D eigenvalue weighted by atomic mass is 10.0. The highest BCUT2D eigenvalue weighted by atomic mass is 19.2. The normalized spacial score (nSPS) is 12.2. The van der Waals surface area contributed by atoms with Crippen LogP contribution < -0.4 is 15.4 Å². The first-order valence-electron chi connectivity index (χ1n) is 13.6. The molecular weight excluding hydrogens is 539 g/mol. The van der Waals surface area contributed by atoms with Gasteiger partial charge in [0.25, 0.3) is 0 Å². The van der Waals surface area contributed by atoms with Gasteiger partial charge in [0, 0.05) is 26.8 Å². The third kappa shape index (κ3) is 16.6. The molecule has 41 heavy (non-hydrogen) atoms. The van der Waals surface area contributed by atoms with E-state index in [1.165, 1.54) is 39.1 Å². The fraction of sp³-hybridized carbons (Fsp3) is 0.567. The Morgan fingerprint density at radius 2 is 1.59 bits per heavy atom. The molecule has 3 N–H and O–H groups in total. The first-order valence-corrected chi connectivity index (χ1v) is 13.6. The van der Waals surface area contributed by atoms with Crippen molar-refractivity contribution in [2.45, 2.75) is 73.8 Å². The predicted octanol–water partition coefficient (Wildman–Crippen LogP) is 8.03. The van der Waals surface area contributed by atoms with Gasteiger partial charge in [-0.25, -0.2) is 13.2 Å². The summed E-state index contributed by atoms with van der Waals surface area (Å²) in [5, 5.41) is 17.1. The van der Waals surface area contributed by atoms with Crippen molar-refractivity contribution < 1.29 is 32.5 Å². The van der Waals surface area contributed by atoms with E-state index in [2.05, 4.69) is 27.5 Å². The molecule has 1 aliphatic rings. The monoisotopic (exact) mass is 589 g/mol. The number of carbonyl (C=O) groups excluding carboxylic acids is 1. The van der Waals surface area contributed by atoms with Crippen LogP contribution in [0.1, 0.15) is 66.4 Å². The molecule has 0 amide bonds. The van der Waals surface area contributed by atoms with Crippen molar-refractivity contribution in [2.24, 2.45) is 10.6 Å². The van der Waals surface area contributed by atoms with Gasteiger partial charge in [0.15, 0.2) is 11.6 Å². The molecule has 1 fully saturated rings. The van der Waals surface area contributed by atoms with E-state index in [0.29, 0.717) is 5.41 Å². The molecule has 236 valence electrons. The zero-order valence-corrected chi connectivity index (χ0v) is 26.3. The number of aliphatic hydroxyl groups excluding tert-OH is 1. The van der Waals surface area contributed by atoms with Gasteiger partial charge in [0.1, 0.15) is 36.3 Å². The summed E-state index contributed by atoms with van der Waals surface area (Å²) in [7, 11) is 4.55. The highest BCUT2D eigenvalue weighted by Gasteiger charge is 2.38. The lowest BCUT2D eigenvalue weighted by Gasteiger charge is -2.17. The number of aliphatic hydroxyl groups is 1. The number of anilines is 3. The van der Waals surface area contributed by atoms with Gasteiger partial charge >= 0.3 is 0 Å². The van der Waals surface area contributed by atoms with E-state index in [9.17, 15) is 18.1 Å². The van der Waals surface area contributed by atoms with Crippen LogP contribution >= 0.6 is 0 Å². The highest BCUT2D eigenvalue weighted by molar-refractivity contribution is 5.80. The summed E-state index contributed by atoms with van der Waals surface area (Å²) < 4.78 is 51.0. The van der Waals surface area contributed by atoms with Gasteiger partial charge in [-0.15, -0.1) is 0 Å². The van der Waals surface area contributed by atoms with Crippen molar-refractivity contribution in [2.75, 3.05) is 45.1 Å². The minimum Gasteiger partial charge on any atom is -0.494 e. The second kappa shape index (κ2) is 24.6. The number of methoxy groups -OCH3 is 2. The topological polar surface area (TPSA) is 109 Å². The number of rotatable bonds is 9. The molecule has 0 saturated heterocycles. The molecule has 1 atom stereocenters. The quantitative estimate of drug-likeness (QED) is 0.254. The van der Waals surface area contributed by atoms with Gasteiger partial charge in [0.05, 0.1) is 18.9 Å². The van der Waals surface area contributed by atoms with Crippen molar-refractivity contribution in [3.63, 3.8) is 0 Å². The number of nitrogens with one attached hydrogen (secondary N) is 2. The minimum atomic E-state index is -1.11. The molecule has 0 spiro atoms. The van der Waals surface area contributed by atoms with Crippen LogP contribution in [0.4, 0.5) is 30.2 Å². The van der Waals surface area contributed by atoms with E-state index in [4.69, 9.17) is 14.6 Å². The average molecular weight is 590 g/mol. The second-order valence-electron chi connectivity index (χ2n) is 8.54. The summed E-state index contributed by atoms with van der Waals surface area (Å²) in [4.78, 5) is 17.7. The van der Waals surface area contributed by atoms with Crippen molar-refractivity contribution in [3.05, 3.63) is 52.2 Å². The van der Waals surface area contributed by atoms with Gasteiger partial charge in [-0.1, -0.05) is 45.9 Å². The van der Waals surface area contributed by atoms with Gasteiger partial charge in [-0.2, -0.15) is 4.91 Å². The summed E-state index contributed by atoms with van der Waals surface area (Å²) >= 11 is 0. The number of ether oxygens (including phenoxy) is 2. The predicted molar refractivity (Wildman–Crippen MR) is 163 cm³/mol. The minimum absolute atomic E-state index is 0.0450. The Balaban J connectivity index is -0.000000601. The van der Waals surface area contributed by atoms with Crippen LogP contribution in [0.3, 0.4) is 0 Å². The van der Waals surface area contributed by atoms with E-state index in [1.54, 1.807) is 20.1 Å². The second-order valence-corrected chi connectivity index (χ2v) is 8.54. The fourth-order valence-electron chi connectivity index (χ4n) is 3.12. The smallest absolute Gasteiger partial charge is 0.184 e. The maximum Gasteiger partial charge on any atom is 0.184 e. The SMILES string of the molecule is C=O.CC.CC.CC1(CC(O)CN=O)CC1.CCOC.CNc1c(OC)cc(F)c(F)c1Nc1ccc(C)cc1F. The Bertz CT molecular complexity index is 975. The van der Waals surface area contributed by atoms with E-state index in [-0.39, 0.29) is 29.4 Å². The number of nitroso groups, excluding NO2 is 1. The standard InChI is InChI=1S/C15H15F3N2O.C7H13NO2.C3H8O.2C2H6.CH2O/c1-8-4-5-11(9(16)6-8)20-15-13(18)10(17)7-12(21-3)14(15)19-2;1-7(2-3-7)4-6(9)5-8-10;1-3-4-2;3*1-2/h4-7,19-20H,1-3H3;6,9H,2-5H2,1H3;3H2,1-2H3;2*1-2H3;1H2. The van der Waals surface area contributed by atoms with Crippen molar-refractivity contribution in [1.29, 1.82) is 0 Å². The maximum absolute atomic E-state index is 14.0. The molecule has 1 unspecified atom stereocenters. The zero-order valence-electron chi connectivity index (χ0n) is 26.3. The van der Waals surface area contributed by atoms with Crippen LogP contribution in [-0.4, -0.2) is 52.4 Å². The molecule has 1 saturated carbocycles. The lowest BCUT2D eigenvalue weighted by Crippen LogP contribution is -2.15. The Hall–Kier alpha value is -3.18. The van der Waals surface area contributed by atoms with E-state index >= 15 is 0 Å². The molecule has 8 nitrogen and oxygen atoms in total. The summed E-state index contributed by atoms with van der Waals surface area (Å²) in [6.07, 6.45) is 2.59. The van der Waals surface area contributed by atoms with Gasteiger partial charge in [-0.05, 0) is 56.2 Å². The summed E-state index contributed by atoms with van der Waals surface area (Å²) in [6.45, 7) is 16.7. The van der Waals surface area contributed by atoms with Crippen molar-refractivity contribution in [3.8, 4) is 5.75 Å². The molecule has 3 rings (SSSR count). The van der Waals surface area contributed by atoms with Crippen molar-refractivity contribution >= 4 is 23.9 Å². The van der Waals surface area contributed by atoms with Gasteiger partial charge in [0.2, 0.25) is 0 Å². The van der Waals surface area contributed by atoms with Gasteiger partial charge < -0.3 is 30.0 Å². The number of halogens is 3. The largest absolute Gasteiger partial charge is 0.494 e. The van der Waals surface area contributed by atoms with Crippen LogP contribution in [0, 0.1) is 34.7 Å². The average Bonchev–Trinajstić information content (AvgIpc) is 3.71. The van der Waals surface area contributed by atoms with Crippen LogP contribution in [0.2, 0.25) is 0 Å². The number of hydrogen-bond donors (Lipinski definition) is 3.